The van der Waals surface area contributed by atoms with Gasteiger partial charge in [0.15, 0.2) is 5.82 Å². The SMILES string of the molecule is N[C@H]1CCCC[C@@H]1c1cc2c(NCc3cccs3)nc(Cl)nn2c1Br. The van der Waals surface area contributed by atoms with Gasteiger partial charge in [-0.2, -0.15) is 4.98 Å². The topological polar surface area (TPSA) is 68.2 Å². The van der Waals surface area contributed by atoms with E-state index in [0.717, 1.165) is 28.8 Å². The lowest BCUT2D eigenvalue weighted by Crippen LogP contribution is -2.31. The molecule has 0 spiro atoms. The Hall–Kier alpha value is -1.15. The van der Waals surface area contributed by atoms with E-state index in [1.807, 2.05) is 10.6 Å². The van der Waals surface area contributed by atoms with Gasteiger partial charge in [0.25, 0.3) is 0 Å². The van der Waals surface area contributed by atoms with Crippen molar-refractivity contribution < 1.29 is 0 Å². The lowest BCUT2D eigenvalue weighted by atomic mass is 9.81. The summed E-state index contributed by atoms with van der Waals surface area (Å²) in [6.45, 7) is 0.710. The number of hydrogen-bond donors (Lipinski definition) is 2. The molecule has 0 radical (unpaired) electrons. The number of thiophene rings is 1. The Balaban J connectivity index is 1.72. The van der Waals surface area contributed by atoms with Crippen LogP contribution in [0, 0.1) is 0 Å². The summed E-state index contributed by atoms with van der Waals surface area (Å²) < 4.78 is 2.75. The lowest BCUT2D eigenvalue weighted by molar-refractivity contribution is 0.384. The van der Waals surface area contributed by atoms with E-state index in [1.54, 1.807) is 11.3 Å². The maximum Gasteiger partial charge on any atom is 0.243 e. The van der Waals surface area contributed by atoms with Gasteiger partial charge >= 0.3 is 0 Å². The Morgan fingerprint density at radius 2 is 2.24 bits per heavy atom. The fourth-order valence-corrected chi connectivity index (χ4v) is 5.02. The molecule has 0 saturated heterocycles. The molecule has 3 aromatic heterocycles. The van der Waals surface area contributed by atoms with E-state index < -0.39 is 0 Å². The van der Waals surface area contributed by atoms with Crippen LogP contribution in [0.2, 0.25) is 5.28 Å². The first kappa shape index (κ1) is 17.3. The monoisotopic (exact) mass is 439 g/mol. The van der Waals surface area contributed by atoms with Crippen LogP contribution in [0.3, 0.4) is 0 Å². The molecule has 8 heteroatoms. The number of nitrogens with zero attached hydrogens (tertiary/aromatic N) is 3. The van der Waals surface area contributed by atoms with Gasteiger partial charge in [-0.1, -0.05) is 18.9 Å². The van der Waals surface area contributed by atoms with Gasteiger partial charge in [0.2, 0.25) is 5.28 Å². The molecular formula is C17H19BrClN5S. The van der Waals surface area contributed by atoms with E-state index >= 15 is 0 Å². The first-order valence-corrected chi connectivity index (χ1v) is 10.4. The van der Waals surface area contributed by atoms with Crippen LogP contribution in [0.4, 0.5) is 5.82 Å². The molecule has 132 valence electrons. The smallest absolute Gasteiger partial charge is 0.243 e. The summed E-state index contributed by atoms with van der Waals surface area (Å²) in [5, 5.41) is 10.0. The molecule has 0 aromatic carbocycles. The minimum Gasteiger partial charge on any atom is -0.363 e. The minimum absolute atomic E-state index is 0.188. The maximum atomic E-state index is 6.39. The molecule has 5 nitrogen and oxygen atoms in total. The van der Waals surface area contributed by atoms with Crippen LogP contribution in [0.25, 0.3) is 5.52 Å². The summed E-state index contributed by atoms with van der Waals surface area (Å²) in [7, 11) is 0. The van der Waals surface area contributed by atoms with Gasteiger partial charge in [0.1, 0.15) is 10.1 Å². The van der Waals surface area contributed by atoms with Crippen molar-refractivity contribution in [2.24, 2.45) is 5.73 Å². The van der Waals surface area contributed by atoms with Crippen LogP contribution in [-0.2, 0) is 6.54 Å². The number of hydrogen-bond acceptors (Lipinski definition) is 5. The average molecular weight is 441 g/mol. The fourth-order valence-electron chi connectivity index (χ4n) is 3.54. The highest BCUT2D eigenvalue weighted by atomic mass is 79.9. The van der Waals surface area contributed by atoms with Crippen LogP contribution in [0.5, 0.6) is 0 Å². The molecule has 3 aromatic rings. The molecule has 25 heavy (non-hydrogen) atoms. The van der Waals surface area contributed by atoms with Gasteiger partial charge in [0, 0.05) is 16.8 Å². The van der Waals surface area contributed by atoms with Crippen molar-refractivity contribution in [1.29, 1.82) is 0 Å². The fraction of sp³-hybridized carbons (Fsp3) is 0.412. The zero-order valence-electron chi connectivity index (χ0n) is 13.6. The number of aromatic nitrogens is 3. The van der Waals surface area contributed by atoms with Gasteiger partial charge < -0.3 is 11.1 Å². The molecule has 1 saturated carbocycles. The number of halogens is 2. The summed E-state index contributed by atoms with van der Waals surface area (Å²) >= 11 is 11.6. The number of nitrogens with two attached hydrogens (primary N) is 1. The summed E-state index contributed by atoms with van der Waals surface area (Å²) in [6.07, 6.45) is 4.60. The molecular weight excluding hydrogens is 422 g/mol. The highest BCUT2D eigenvalue weighted by Gasteiger charge is 2.28. The number of fused-ring (bicyclic) bond motifs is 1. The second-order valence-electron chi connectivity index (χ2n) is 6.40. The standard InChI is InChI=1S/C17H19BrClN5S/c18-15-12(11-5-1-2-6-13(11)20)8-14-16(22-17(19)23-24(14)15)21-9-10-4-3-7-25-10/h3-4,7-8,11,13H,1-2,5-6,9,20H2,(H,21,22,23)/t11-,13+/m1/s1. The van der Waals surface area contributed by atoms with E-state index in [0.29, 0.717) is 12.5 Å². The highest BCUT2D eigenvalue weighted by Crippen LogP contribution is 2.38. The third kappa shape index (κ3) is 3.43. The Morgan fingerprint density at radius 1 is 1.40 bits per heavy atom. The number of rotatable bonds is 4. The van der Waals surface area contributed by atoms with Gasteiger partial charge in [0.05, 0.1) is 6.54 Å². The van der Waals surface area contributed by atoms with Crippen LogP contribution in [0.15, 0.2) is 28.2 Å². The minimum atomic E-state index is 0.188. The molecule has 1 aliphatic carbocycles. The van der Waals surface area contributed by atoms with Crippen molar-refractivity contribution in [3.8, 4) is 0 Å². The predicted octanol–water partition coefficient (Wildman–Crippen LogP) is 4.80. The zero-order chi connectivity index (χ0) is 17.4. The predicted molar refractivity (Wildman–Crippen MR) is 107 cm³/mol. The van der Waals surface area contributed by atoms with Crippen molar-refractivity contribution in [1.82, 2.24) is 14.6 Å². The number of nitrogens with one attached hydrogen (secondary N) is 1. The van der Waals surface area contributed by atoms with Gasteiger partial charge in [-0.05, 0) is 63.4 Å². The summed E-state index contributed by atoms with van der Waals surface area (Å²) in [6, 6.07) is 6.47. The number of anilines is 1. The molecule has 1 aliphatic rings. The Kier molecular flexibility index (Phi) is 4.99. The molecule has 0 unspecified atom stereocenters. The quantitative estimate of drug-likeness (QED) is 0.611. The van der Waals surface area contributed by atoms with Crippen LogP contribution in [-0.4, -0.2) is 20.6 Å². The summed E-state index contributed by atoms with van der Waals surface area (Å²) in [4.78, 5) is 5.64. The third-order valence-corrected chi connectivity index (χ3v) is 6.63. The van der Waals surface area contributed by atoms with Crippen molar-refractivity contribution in [3.05, 3.63) is 43.9 Å². The van der Waals surface area contributed by atoms with E-state index in [1.165, 1.54) is 23.3 Å². The molecule has 1 fully saturated rings. The Labute approximate surface area is 163 Å². The van der Waals surface area contributed by atoms with Gasteiger partial charge in [-0.3, -0.25) is 0 Å². The van der Waals surface area contributed by atoms with Crippen LogP contribution < -0.4 is 11.1 Å². The molecule has 3 heterocycles. The van der Waals surface area contributed by atoms with Gasteiger partial charge in [-0.25, -0.2) is 4.52 Å². The van der Waals surface area contributed by atoms with Crippen molar-refractivity contribution >= 4 is 50.2 Å². The first-order chi connectivity index (χ1) is 12.1. The third-order valence-electron chi connectivity index (χ3n) is 4.80. The Morgan fingerprint density at radius 3 is 3.00 bits per heavy atom. The second kappa shape index (κ2) is 7.23. The van der Waals surface area contributed by atoms with E-state index in [-0.39, 0.29) is 11.3 Å². The summed E-state index contributed by atoms with van der Waals surface area (Å²) in [5.41, 5.74) is 8.50. The van der Waals surface area contributed by atoms with Crippen molar-refractivity contribution in [3.63, 3.8) is 0 Å². The van der Waals surface area contributed by atoms with E-state index in [4.69, 9.17) is 17.3 Å². The van der Waals surface area contributed by atoms with Crippen LogP contribution >= 0.6 is 38.9 Å². The van der Waals surface area contributed by atoms with Crippen LogP contribution in [0.1, 0.15) is 42.0 Å². The summed E-state index contributed by atoms with van der Waals surface area (Å²) in [5.74, 6) is 1.08. The lowest BCUT2D eigenvalue weighted by Gasteiger charge is -2.28. The zero-order valence-corrected chi connectivity index (χ0v) is 16.7. The van der Waals surface area contributed by atoms with Crippen molar-refractivity contribution in [2.45, 2.75) is 44.2 Å². The first-order valence-electron chi connectivity index (χ1n) is 8.40. The van der Waals surface area contributed by atoms with Crippen molar-refractivity contribution in [2.75, 3.05) is 5.32 Å². The highest BCUT2D eigenvalue weighted by molar-refractivity contribution is 9.10. The Bertz CT molecular complexity index is 879. The van der Waals surface area contributed by atoms with Gasteiger partial charge in [-0.15, -0.1) is 16.4 Å². The average Bonchev–Trinajstić information content (AvgIpc) is 3.22. The molecule has 0 amide bonds. The largest absolute Gasteiger partial charge is 0.363 e. The second-order valence-corrected chi connectivity index (χ2v) is 8.53. The normalized spacial score (nSPS) is 20.9. The molecule has 0 bridgehead atoms. The molecule has 3 N–H and O–H groups in total. The molecule has 0 aliphatic heterocycles. The molecule has 2 atom stereocenters. The molecule has 4 rings (SSSR count). The van der Waals surface area contributed by atoms with E-state index in [9.17, 15) is 0 Å². The van der Waals surface area contributed by atoms with E-state index in [2.05, 4.69) is 48.8 Å². The maximum absolute atomic E-state index is 6.39.